The zero-order valence-electron chi connectivity index (χ0n) is 20.2. The maximum atomic E-state index is 11.7. The molecular formula is C27H23ClN6O3. The lowest BCUT2D eigenvalue weighted by Gasteiger charge is -2.21. The van der Waals surface area contributed by atoms with Crippen molar-refractivity contribution in [3.8, 4) is 6.07 Å². The fourth-order valence-corrected chi connectivity index (χ4v) is 4.82. The number of carboxylic acid groups (broad SMARTS) is 1. The van der Waals surface area contributed by atoms with Crippen LogP contribution in [0.2, 0.25) is 5.15 Å². The van der Waals surface area contributed by atoms with Gasteiger partial charge in [-0.1, -0.05) is 35.9 Å². The zero-order chi connectivity index (χ0) is 26.3. The number of aromatic nitrogens is 3. The first-order valence-electron chi connectivity index (χ1n) is 11.6. The second kappa shape index (κ2) is 9.65. The average molecular weight is 515 g/mol. The molecule has 0 amide bonds. The number of halogens is 1. The van der Waals surface area contributed by atoms with Gasteiger partial charge in [0.15, 0.2) is 17.2 Å². The van der Waals surface area contributed by atoms with E-state index in [1.165, 1.54) is 6.07 Å². The number of nitrogens with zero attached hydrogens (tertiary/aromatic N) is 5. The molecule has 1 atom stereocenters. The van der Waals surface area contributed by atoms with Gasteiger partial charge in [-0.15, -0.1) is 0 Å². The molecule has 0 bridgehead atoms. The number of nitriles is 1. The molecular weight excluding hydrogens is 492 g/mol. The summed E-state index contributed by atoms with van der Waals surface area (Å²) in [6, 6.07) is 14.6. The number of benzene rings is 2. The maximum absolute atomic E-state index is 11.7. The van der Waals surface area contributed by atoms with E-state index in [2.05, 4.69) is 21.4 Å². The van der Waals surface area contributed by atoms with Gasteiger partial charge in [-0.25, -0.2) is 19.7 Å². The van der Waals surface area contributed by atoms with E-state index >= 15 is 0 Å². The molecule has 0 radical (unpaired) electrons. The van der Waals surface area contributed by atoms with Crippen LogP contribution in [0, 0.1) is 18.3 Å². The van der Waals surface area contributed by atoms with Crippen molar-refractivity contribution < 1.29 is 15.0 Å². The number of fused-ring (bicyclic) bond motifs is 2. The maximum Gasteiger partial charge on any atom is 0.356 e. The largest absolute Gasteiger partial charge is 0.476 e. The highest BCUT2D eigenvalue weighted by atomic mass is 35.5. The normalized spacial score (nSPS) is 13.3. The average Bonchev–Trinajstić information content (AvgIpc) is 3.31. The number of hydrogen-bond donors (Lipinski definition) is 3. The Morgan fingerprint density at radius 1 is 1.16 bits per heavy atom. The Morgan fingerprint density at radius 3 is 2.68 bits per heavy atom. The molecule has 0 unspecified atom stereocenters. The van der Waals surface area contributed by atoms with Gasteiger partial charge in [0.25, 0.3) is 0 Å². The van der Waals surface area contributed by atoms with Crippen LogP contribution in [-0.4, -0.2) is 31.1 Å². The Hall–Kier alpha value is -4.26. The number of rotatable bonds is 6. The van der Waals surface area contributed by atoms with Crippen molar-refractivity contribution in [2.75, 3.05) is 10.2 Å². The molecule has 9 nitrogen and oxygen atoms in total. The number of aryl methyl sites for hydroxylation is 1. The van der Waals surface area contributed by atoms with Gasteiger partial charge in [0, 0.05) is 18.7 Å². The Labute approximate surface area is 218 Å². The standard InChI is InChI=1S/C27H23ClN6O3/c1-14-7-19(15(2)30-20-5-6-23(28)32-25(20)27(36)37)24-21(8-14)31-22(10-29)26(33-24)34-11-17-4-3-16(13-35)9-18(17)12-34/h3-9,15,30,35H,11-13H2,1-2H3,(H,36,37)/t15-/m1/s1. The van der Waals surface area contributed by atoms with E-state index in [0.29, 0.717) is 35.6 Å². The molecule has 0 saturated carbocycles. The van der Waals surface area contributed by atoms with Gasteiger partial charge in [0.05, 0.1) is 29.4 Å². The van der Waals surface area contributed by atoms with E-state index in [-0.39, 0.29) is 29.2 Å². The summed E-state index contributed by atoms with van der Waals surface area (Å²) in [4.78, 5) is 27.2. The summed E-state index contributed by atoms with van der Waals surface area (Å²) in [5, 5.41) is 32.3. The fraction of sp³-hybridized carbons (Fsp3) is 0.222. The van der Waals surface area contributed by atoms with Crippen LogP contribution in [0.1, 0.15) is 57.0 Å². The SMILES string of the molecule is Cc1cc([C@@H](C)Nc2ccc(Cl)nc2C(=O)O)c2nc(N3Cc4ccc(CO)cc4C3)c(C#N)nc2c1. The molecule has 2 aromatic carbocycles. The predicted molar refractivity (Wildman–Crippen MR) is 139 cm³/mol. The molecule has 5 rings (SSSR count). The highest BCUT2D eigenvalue weighted by Gasteiger charge is 2.25. The molecule has 4 aromatic rings. The summed E-state index contributed by atoms with van der Waals surface area (Å²) in [7, 11) is 0. The van der Waals surface area contributed by atoms with Crippen molar-refractivity contribution in [2.45, 2.75) is 39.6 Å². The second-order valence-electron chi connectivity index (χ2n) is 9.05. The van der Waals surface area contributed by atoms with Gasteiger partial charge in [0.2, 0.25) is 0 Å². The van der Waals surface area contributed by atoms with Crippen molar-refractivity contribution in [3.05, 3.63) is 86.8 Å². The summed E-state index contributed by atoms with van der Waals surface area (Å²) in [5.74, 6) is -0.710. The quantitative estimate of drug-likeness (QED) is 0.311. The third-order valence-electron chi connectivity index (χ3n) is 6.41. The number of aromatic carboxylic acids is 1. The molecule has 3 heterocycles. The summed E-state index contributed by atoms with van der Waals surface area (Å²) in [5.41, 5.74) is 6.34. The van der Waals surface area contributed by atoms with Crippen molar-refractivity contribution >= 4 is 40.1 Å². The minimum Gasteiger partial charge on any atom is -0.476 e. The number of nitrogens with one attached hydrogen (secondary N) is 1. The molecule has 37 heavy (non-hydrogen) atoms. The van der Waals surface area contributed by atoms with Crippen molar-refractivity contribution in [3.63, 3.8) is 0 Å². The first-order valence-corrected chi connectivity index (χ1v) is 12.0. The van der Waals surface area contributed by atoms with Crippen LogP contribution in [0.25, 0.3) is 11.0 Å². The summed E-state index contributed by atoms with van der Waals surface area (Å²) in [6.45, 7) is 4.91. The van der Waals surface area contributed by atoms with E-state index in [9.17, 15) is 20.3 Å². The van der Waals surface area contributed by atoms with Gasteiger partial charge in [-0.3, -0.25) is 0 Å². The van der Waals surface area contributed by atoms with Gasteiger partial charge in [0.1, 0.15) is 11.2 Å². The Balaban J connectivity index is 1.57. The molecule has 186 valence electrons. The molecule has 1 aliphatic heterocycles. The minimum absolute atomic E-state index is 0.0349. The van der Waals surface area contributed by atoms with E-state index in [4.69, 9.17) is 16.6 Å². The topological polar surface area (TPSA) is 135 Å². The Bertz CT molecular complexity index is 1600. The zero-order valence-corrected chi connectivity index (χ0v) is 20.9. The van der Waals surface area contributed by atoms with Crippen molar-refractivity contribution in [1.82, 2.24) is 15.0 Å². The first-order chi connectivity index (χ1) is 17.8. The van der Waals surface area contributed by atoms with Crippen molar-refractivity contribution in [2.24, 2.45) is 0 Å². The number of aliphatic hydroxyl groups is 1. The molecule has 10 heteroatoms. The van der Waals surface area contributed by atoms with E-state index in [1.54, 1.807) is 6.07 Å². The van der Waals surface area contributed by atoms with Crippen LogP contribution >= 0.6 is 11.6 Å². The third-order valence-corrected chi connectivity index (χ3v) is 6.62. The third kappa shape index (κ3) is 4.65. The predicted octanol–water partition coefficient (Wildman–Crippen LogP) is 4.74. The van der Waals surface area contributed by atoms with E-state index in [1.807, 2.05) is 49.1 Å². The molecule has 0 saturated heterocycles. The number of anilines is 2. The molecule has 0 aliphatic carbocycles. The first kappa shape index (κ1) is 24.4. The summed E-state index contributed by atoms with van der Waals surface area (Å²) >= 11 is 5.91. The molecule has 3 N–H and O–H groups in total. The minimum atomic E-state index is -1.19. The van der Waals surface area contributed by atoms with Crippen LogP contribution in [0.5, 0.6) is 0 Å². The molecule has 1 aliphatic rings. The highest BCUT2D eigenvalue weighted by molar-refractivity contribution is 6.29. The van der Waals surface area contributed by atoms with Crippen LogP contribution in [0.15, 0.2) is 42.5 Å². The lowest BCUT2D eigenvalue weighted by Crippen LogP contribution is -2.19. The monoisotopic (exact) mass is 514 g/mol. The number of aliphatic hydroxyl groups excluding tert-OH is 1. The van der Waals surface area contributed by atoms with Crippen LogP contribution in [-0.2, 0) is 19.7 Å². The Kier molecular flexibility index (Phi) is 6.38. The number of carbonyl (C=O) groups is 1. The van der Waals surface area contributed by atoms with Crippen LogP contribution < -0.4 is 10.2 Å². The smallest absolute Gasteiger partial charge is 0.356 e. The molecule has 2 aromatic heterocycles. The highest BCUT2D eigenvalue weighted by Crippen LogP contribution is 2.33. The van der Waals surface area contributed by atoms with Crippen LogP contribution in [0.4, 0.5) is 11.5 Å². The molecule has 0 fully saturated rings. The van der Waals surface area contributed by atoms with Gasteiger partial charge in [-0.05, 0) is 54.3 Å². The van der Waals surface area contributed by atoms with E-state index in [0.717, 1.165) is 27.8 Å². The lowest BCUT2D eigenvalue weighted by molar-refractivity contribution is 0.0691. The van der Waals surface area contributed by atoms with E-state index < -0.39 is 5.97 Å². The van der Waals surface area contributed by atoms with Gasteiger partial charge in [-0.2, -0.15) is 5.26 Å². The van der Waals surface area contributed by atoms with Gasteiger partial charge < -0.3 is 20.4 Å². The summed E-state index contributed by atoms with van der Waals surface area (Å²) in [6.07, 6.45) is 0. The second-order valence-corrected chi connectivity index (χ2v) is 9.44. The number of hydrogen-bond acceptors (Lipinski definition) is 8. The Morgan fingerprint density at radius 2 is 1.95 bits per heavy atom. The van der Waals surface area contributed by atoms with Gasteiger partial charge >= 0.3 is 5.97 Å². The fourth-order valence-electron chi connectivity index (χ4n) is 4.67. The lowest BCUT2D eigenvalue weighted by atomic mass is 10.0. The number of carboxylic acids is 1. The van der Waals surface area contributed by atoms with Crippen molar-refractivity contribution in [1.29, 1.82) is 5.26 Å². The molecule has 0 spiro atoms. The number of pyridine rings is 1. The van der Waals surface area contributed by atoms with Crippen LogP contribution in [0.3, 0.4) is 0 Å². The summed E-state index contributed by atoms with van der Waals surface area (Å²) < 4.78 is 0.